The van der Waals surface area contributed by atoms with Crippen LogP contribution < -0.4 is 5.73 Å². The normalized spacial score (nSPS) is 10.2. The Bertz CT molecular complexity index is 665. The molecule has 1 heterocycles. The SMILES string of the molecule is CCCCc1ccc2[nH]c(C)c(CCN)c2c1.O=C(O)C(=O)O. The van der Waals surface area contributed by atoms with Gasteiger partial charge in [-0.25, -0.2) is 9.59 Å². The minimum Gasteiger partial charge on any atom is -0.473 e. The number of hydrogen-bond donors (Lipinski definition) is 4. The second-order valence-corrected chi connectivity index (χ2v) is 5.36. The van der Waals surface area contributed by atoms with E-state index in [1.54, 1.807) is 0 Å². The second-order valence-electron chi connectivity index (χ2n) is 5.36. The molecular weight excluding hydrogens is 296 g/mol. The van der Waals surface area contributed by atoms with Crippen molar-refractivity contribution in [3.05, 3.63) is 35.0 Å². The van der Waals surface area contributed by atoms with E-state index in [4.69, 9.17) is 25.5 Å². The van der Waals surface area contributed by atoms with Crippen LogP contribution >= 0.6 is 0 Å². The number of aromatic nitrogens is 1. The van der Waals surface area contributed by atoms with Crippen molar-refractivity contribution in [1.82, 2.24) is 4.98 Å². The Labute approximate surface area is 135 Å². The number of hydrogen-bond acceptors (Lipinski definition) is 3. The van der Waals surface area contributed by atoms with E-state index in [1.165, 1.54) is 47.0 Å². The monoisotopic (exact) mass is 320 g/mol. The first-order chi connectivity index (χ1) is 10.9. The molecular formula is C17H24N2O4. The molecule has 2 aromatic rings. The molecule has 6 nitrogen and oxygen atoms in total. The van der Waals surface area contributed by atoms with Gasteiger partial charge < -0.3 is 20.9 Å². The van der Waals surface area contributed by atoms with Gasteiger partial charge in [0.1, 0.15) is 0 Å². The van der Waals surface area contributed by atoms with Crippen LogP contribution in [0.4, 0.5) is 0 Å². The molecule has 0 unspecified atom stereocenters. The van der Waals surface area contributed by atoms with Crippen LogP contribution in [0, 0.1) is 6.92 Å². The van der Waals surface area contributed by atoms with Crippen molar-refractivity contribution < 1.29 is 19.8 Å². The van der Waals surface area contributed by atoms with Gasteiger partial charge in [0.25, 0.3) is 0 Å². The minimum absolute atomic E-state index is 0.715. The molecule has 1 aromatic carbocycles. The lowest BCUT2D eigenvalue weighted by atomic mass is 10.0. The highest BCUT2D eigenvalue weighted by Gasteiger charge is 2.08. The van der Waals surface area contributed by atoms with E-state index in [1.807, 2.05) is 0 Å². The molecule has 0 saturated carbocycles. The smallest absolute Gasteiger partial charge is 0.414 e. The predicted molar refractivity (Wildman–Crippen MR) is 89.7 cm³/mol. The summed E-state index contributed by atoms with van der Waals surface area (Å²) in [5.74, 6) is -3.65. The molecule has 0 amide bonds. The van der Waals surface area contributed by atoms with Gasteiger partial charge in [-0.15, -0.1) is 0 Å². The number of unbranched alkanes of at least 4 members (excludes halogenated alkanes) is 1. The van der Waals surface area contributed by atoms with Gasteiger partial charge in [-0.05, 0) is 56.0 Å². The highest BCUT2D eigenvalue weighted by atomic mass is 16.4. The van der Waals surface area contributed by atoms with E-state index in [9.17, 15) is 0 Å². The molecule has 126 valence electrons. The molecule has 5 N–H and O–H groups in total. The van der Waals surface area contributed by atoms with Crippen LogP contribution in [-0.4, -0.2) is 33.7 Å². The molecule has 0 bridgehead atoms. The highest BCUT2D eigenvalue weighted by molar-refractivity contribution is 6.27. The van der Waals surface area contributed by atoms with Crippen LogP contribution in [0.5, 0.6) is 0 Å². The Morgan fingerprint density at radius 1 is 1.17 bits per heavy atom. The summed E-state index contributed by atoms with van der Waals surface area (Å²) in [6.07, 6.45) is 4.66. The van der Waals surface area contributed by atoms with Gasteiger partial charge in [0.15, 0.2) is 0 Å². The molecule has 0 aliphatic carbocycles. The van der Waals surface area contributed by atoms with E-state index in [0.717, 1.165) is 6.42 Å². The third kappa shape index (κ3) is 5.41. The first-order valence-corrected chi connectivity index (χ1v) is 7.67. The minimum atomic E-state index is -1.82. The van der Waals surface area contributed by atoms with Gasteiger partial charge in [0.05, 0.1) is 0 Å². The maximum absolute atomic E-state index is 9.10. The van der Waals surface area contributed by atoms with Crippen LogP contribution in [0.2, 0.25) is 0 Å². The predicted octanol–water partition coefficient (Wildman–Crippen LogP) is 2.48. The van der Waals surface area contributed by atoms with Gasteiger partial charge in [-0.2, -0.15) is 0 Å². The molecule has 0 aliphatic rings. The lowest BCUT2D eigenvalue weighted by Gasteiger charge is -2.02. The van der Waals surface area contributed by atoms with Gasteiger partial charge in [0.2, 0.25) is 0 Å². The number of benzene rings is 1. The summed E-state index contributed by atoms with van der Waals surface area (Å²) >= 11 is 0. The topological polar surface area (TPSA) is 116 Å². The van der Waals surface area contributed by atoms with Crippen LogP contribution in [0.15, 0.2) is 18.2 Å². The fourth-order valence-corrected chi connectivity index (χ4v) is 2.43. The van der Waals surface area contributed by atoms with Gasteiger partial charge in [0, 0.05) is 16.6 Å². The molecule has 1 aromatic heterocycles. The highest BCUT2D eigenvalue weighted by Crippen LogP contribution is 2.24. The number of carboxylic acid groups (broad SMARTS) is 2. The van der Waals surface area contributed by atoms with E-state index in [-0.39, 0.29) is 0 Å². The Hall–Kier alpha value is -2.34. The number of aliphatic carboxylic acids is 2. The quantitative estimate of drug-likeness (QED) is 0.631. The largest absolute Gasteiger partial charge is 0.473 e. The molecule has 2 rings (SSSR count). The summed E-state index contributed by atoms with van der Waals surface area (Å²) in [7, 11) is 0. The van der Waals surface area contributed by atoms with Crippen molar-refractivity contribution >= 4 is 22.8 Å². The van der Waals surface area contributed by atoms with E-state index in [2.05, 4.69) is 37.0 Å². The zero-order valence-corrected chi connectivity index (χ0v) is 13.6. The number of rotatable bonds is 5. The number of nitrogens with one attached hydrogen (secondary N) is 1. The van der Waals surface area contributed by atoms with Crippen molar-refractivity contribution in [2.45, 2.75) is 39.5 Å². The Morgan fingerprint density at radius 3 is 2.35 bits per heavy atom. The van der Waals surface area contributed by atoms with E-state index < -0.39 is 11.9 Å². The standard InChI is InChI=1S/C15H22N2.C2H2O4/c1-3-4-5-12-6-7-15-14(10-12)13(8-9-16)11(2)17-15;3-1(4)2(5)6/h6-7,10,17H,3-5,8-9,16H2,1-2H3;(H,3,4)(H,5,6). The van der Waals surface area contributed by atoms with E-state index in [0.29, 0.717) is 6.54 Å². The van der Waals surface area contributed by atoms with Gasteiger partial charge in [-0.1, -0.05) is 19.4 Å². The van der Waals surface area contributed by atoms with Crippen molar-refractivity contribution in [3.63, 3.8) is 0 Å². The molecule has 0 atom stereocenters. The summed E-state index contributed by atoms with van der Waals surface area (Å²) in [6.45, 7) is 5.09. The van der Waals surface area contributed by atoms with Crippen molar-refractivity contribution in [2.75, 3.05) is 6.54 Å². The Kier molecular flexibility index (Phi) is 7.28. The van der Waals surface area contributed by atoms with Crippen LogP contribution in [0.1, 0.15) is 36.6 Å². The molecule has 6 heteroatoms. The maximum atomic E-state index is 9.10. The molecule has 0 radical (unpaired) electrons. The summed E-state index contributed by atoms with van der Waals surface area (Å²) in [5, 5.41) is 16.1. The van der Waals surface area contributed by atoms with Crippen molar-refractivity contribution in [1.29, 1.82) is 0 Å². The third-order valence-electron chi connectivity index (χ3n) is 3.58. The number of aryl methyl sites for hydroxylation is 2. The number of aromatic amines is 1. The van der Waals surface area contributed by atoms with Crippen molar-refractivity contribution in [3.8, 4) is 0 Å². The summed E-state index contributed by atoms with van der Waals surface area (Å²) in [6, 6.07) is 6.77. The second kappa shape index (κ2) is 8.95. The van der Waals surface area contributed by atoms with E-state index >= 15 is 0 Å². The van der Waals surface area contributed by atoms with Crippen LogP contribution in [0.3, 0.4) is 0 Å². The first kappa shape index (κ1) is 18.7. The number of carboxylic acids is 2. The Morgan fingerprint density at radius 2 is 1.83 bits per heavy atom. The maximum Gasteiger partial charge on any atom is 0.414 e. The summed E-state index contributed by atoms with van der Waals surface area (Å²) in [4.78, 5) is 21.6. The van der Waals surface area contributed by atoms with Gasteiger partial charge in [-0.3, -0.25) is 0 Å². The number of nitrogens with two attached hydrogens (primary N) is 1. The van der Waals surface area contributed by atoms with Crippen molar-refractivity contribution in [2.24, 2.45) is 5.73 Å². The number of carbonyl (C=O) groups is 2. The number of H-pyrrole nitrogens is 1. The number of fused-ring (bicyclic) bond motifs is 1. The van der Waals surface area contributed by atoms with Gasteiger partial charge >= 0.3 is 11.9 Å². The third-order valence-corrected chi connectivity index (χ3v) is 3.58. The zero-order chi connectivity index (χ0) is 17.4. The first-order valence-electron chi connectivity index (χ1n) is 7.67. The molecule has 0 fully saturated rings. The Balaban J connectivity index is 0.000000379. The lowest BCUT2D eigenvalue weighted by molar-refractivity contribution is -0.159. The average Bonchev–Trinajstić information content (AvgIpc) is 2.82. The zero-order valence-electron chi connectivity index (χ0n) is 13.6. The van der Waals surface area contributed by atoms with Crippen LogP contribution in [-0.2, 0) is 22.4 Å². The average molecular weight is 320 g/mol. The lowest BCUT2D eigenvalue weighted by Crippen LogP contribution is -2.09. The molecule has 0 saturated heterocycles. The fraction of sp³-hybridized carbons (Fsp3) is 0.412. The molecule has 0 spiro atoms. The van der Waals surface area contributed by atoms with Crippen LogP contribution in [0.25, 0.3) is 10.9 Å². The summed E-state index contributed by atoms with van der Waals surface area (Å²) < 4.78 is 0. The molecule has 23 heavy (non-hydrogen) atoms. The summed E-state index contributed by atoms with van der Waals surface area (Å²) in [5.41, 5.74) is 11.0. The fourth-order valence-electron chi connectivity index (χ4n) is 2.43. The molecule has 0 aliphatic heterocycles.